The normalized spacial score (nSPS) is 22.9. The quantitative estimate of drug-likeness (QED) is 0.659. The molecule has 174 valence electrons. The molecule has 1 saturated heterocycles. The van der Waals surface area contributed by atoms with Crippen LogP contribution in [0.1, 0.15) is 49.7 Å². The monoisotopic (exact) mass is 446 g/mol. The number of hydrogen-bond acceptors (Lipinski definition) is 5. The van der Waals surface area contributed by atoms with Gasteiger partial charge in [0.2, 0.25) is 0 Å². The molecule has 6 nitrogen and oxygen atoms in total. The van der Waals surface area contributed by atoms with Crippen molar-refractivity contribution in [3.05, 3.63) is 65.7 Å². The number of nitrogens with one attached hydrogen (secondary N) is 2. The van der Waals surface area contributed by atoms with Gasteiger partial charge in [-0.2, -0.15) is 5.26 Å². The Morgan fingerprint density at radius 1 is 1.00 bits per heavy atom. The van der Waals surface area contributed by atoms with Crippen molar-refractivity contribution in [3.8, 4) is 6.07 Å². The zero-order valence-electron chi connectivity index (χ0n) is 19.2. The van der Waals surface area contributed by atoms with Crippen molar-refractivity contribution in [1.29, 1.82) is 5.26 Å². The standard InChI is InChI=1S/C27H34N4O2/c28-19-22-12-14-24(15-13-22)31-17-6-9-23(20-31)29-25-10-4-5-11-26(25)30-27(32)33-18-16-21-7-2-1-3-8-21/h1-3,7-8,12-15,23,25-26,29H,4-6,9-11,16-18,20H2,(H,30,32)/t23-,25+,26+/m0/s1. The second-order valence-electron chi connectivity index (χ2n) is 9.12. The number of carbonyl (C=O) groups excluding carboxylic acids is 1. The highest BCUT2D eigenvalue weighted by atomic mass is 16.5. The molecule has 3 atom stereocenters. The molecule has 0 aromatic heterocycles. The zero-order chi connectivity index (χ0) is 22.9. The minimum absolute atomic E-state index is 0.105. The van der Waals surface area contributed by atoms with Crippen LogP contribution in [0.4, 0.5) is 10.5 Å². The van der Waals surface area contributed by atoms with E-state index >= 15 is 0 Å². The first-order valence-electron chi connectivity index (χ1n) is 12.2. The van der Waals surface area contributed by atoms with Crippen LogP contribution >= 0.6 is 0 Å². The molecule has 2 aromatic rings. The van der Waals surface area contributed by atoms with Crippen molar-refractivity contribution in [1.82, 2.24) is 10.6 Å². The van der Waals surface area contributed by atoms with Crippen LogP contribution in [0.25, 0.3) is 0 Å². The molecule has 0 radical (unpaired) electrons. The van der Waals surface area contributed by atoms with Crippen molar-refractivity contribution in [2.45, 2.75) is 63.1 Å². The largest absolute Gasteiger partial charge is 0.449 e. The molecular formula is C27H34N4O2. The van der Waals surface area contributed by atoms with Gasteiger partial charge >= 0.3 is 6.09 Å². The van der Waals surface area contributed by atoms with Gasteiger partial charge in [0.1, 0.15) is 0 Å². The van der Waals surface area contributed by atoms with E-state index in [0.29, 0.717) is 18.2 Å². The Labute approximate surface area is 196 Å². The number of carbonyl (C=O) groups is 1. The Balaban J connectivity index is 1.26. The van der Waals surface area contributed by atoms with Crippen LogP contribution in [-0.4, -0.2) is 43.9 Å². The third-order valence-electron chi connectivity index (χ3n) is 6.77. The van der Waals surface area contributed by atoms with E-state index in [-0.39, 0.29) is 18.2 Å². The van der Waals surface area contributed by atoms with Crippen molar-refractivity contribution in [3.63, 3.8) is 0 Å². The number of rotatable bonds is 7. The Bertz CT molecular complexity index is 925. The third kappa shape index (κ3) is 6.72. The lowest BCUT2D eigenvalue weighted by Crippen LogP contribution is -2.57. The Hall–Kier alpha value is -3.04. The molecule has 0 bridgehead atoms. The Kier molecular flexibility index (Phi) is 8.21. The van der Waals surface area contributed by atoms with E-state index < -0.39 is 0 Å². The lowest BCUT2D eigenvalue weighted by atomic mass is 9.89. The van der Waals surface area contributed by atoms with Crippen molar-refractivity contribution >= 4 is 11.8 Å². The molecule has 4 rings (SSSR count). The predicted octanol–water partition coefficient (Wildman–Crippen LogP) is 4.40. The average Bonchev–Trinajstić information content (AvgIpc) is 2.86. The highest BCUT2D eigenvalue weighted by molar-refractivity contribution is 5.67. The first kappa shape index (κ1) is 23.1. The lowest BCUT2D eigenvalue weighted by molar-refractivity contribution is 0.135. The fourth-order valence-corrected chi connectivity index (χ4v) is 5.00. The van der Waals surface area contributed by atoms with Gasteiger partial charge in [-0.25, -0.2) is 4.79 Å². The van der Waals surface area contributed by atoms with E-state index in [4.69, 9.17) is 10.00 Å². The number of piperidine rings is 1. The molecule has 1 heterocycles. The van der Waals surface area contributed by atoms with E-state index in [1.54, 1.807) is 0 Å². The van der Waals surface area contributed by atoms with E-state index in [9.17, 15) is 4.79 Å². The summed E-state index contributed by atoms with van der Waals surface area (Å²) in [5.74, 6) is 0. The molecule has 2 fully saturated rings. The molecule has 0 spiro atoms. The summed E-state index contributed by atoms with van der Waals surface area (Å²) in [5.41, 5.74) is 3.03. The predicted molar refractivity (Wildman–Crippen MR) is 130 cm³/mol. The molecule has 2 aliphatic rings. The van der Waals surface area contributed by atoms with Gasteiger partial charge in [-0.15, -0.1) is 0 Å². The number of nitrogens with zero attached hydrogens (tertiary/aromatic N) is 2. The van der Waals surface area contributed by atoms with E-state index in [0.717, 1.165) is 51.6 Å². The van der Waals surface area contributed by atoms with Gasteiger partial charge in [0, 0.05) is 43.3 Å². The summed E-state index contributed by atoms with van der Waals surface area (Å²) in [6.45, 7) is 2.36. The SMILES string of the molecule is N#Cc1ccc(N2CCC[C@H](N[C@@H]3CCCC[C@H]3NC(=O)OCCc3ccccc3)C2)cc1. The van der Waals surface area contributed by atoms with Gasteiger partial charge in [0.15, 0.2) is 0 Å². The van der Waals surface area contributed by atoms with Crippen LogP contribution in [0, 0.1) is 11.3 Å². The Morgan fingerprint density at radius 2 is 1.76 bits per heavy atom. The van der Waals surface area contributed by atoms with Crippen molar-refractivity contribution in [2.75, 3.05) is 24.6 Å². The van der Waals surface area contributed by atoms with Gasteiger partial charge in [-0.05, 0) is 55.5 Å². The van der Waals surface area contributed by atoms with Crippen molar-refractivity contribution < 1.29 is 9.53 Å². The van der Waals surface area contributed by atoms with Gasteiger partial charge in [-0.1, -0.05) is 43.2 Å². The molecule has 1 saturated carbocycles. The van der Waals surface area contributed by atoms with Crippen LogP contribution in [0.2, 0.25) is 0 Å². The minimum Gasteiger partial charge on any atom is -0.449 e. The molecule has 33 heavy (non-hydrogen) atoms. The smallest absolute Gasteiger partial charge is 0.407 e. The summed E-state index contributed by atoms with van der Waals surface area (Å²) in [6.07, 6.45) is 7.06. The first-order valence-corrected chi connectivity index (χ1v) is 12.2. The molecule has 6 heteroatoms. The molecule has 2 aromatic carbocycles. The fourth-order valence-electron chi connectivity index (χ4n) is 5.00. The maximum atomic E-state index is 12.4. The highest BCUT2D eigenvalue weighted by Gasteiger charge is 2.30. The third-order valence-corrected chi connectivity index (χ3v) is 6.77. The van der Waals surface area contributed by atoms with Gasteiger partial charge in [0.05, 0.1) is 18.2 Å². The number of amides is 1. The van der Waals surface area contributed by atoms with Crippen LogP contribution in [-0.2, 0) is 11.2 Å². The fraction of sp³-hybridized carbons (Fsp3) is 0.481. The van der Waals surface area contributed by atoms with Crippen LogP contribution in [0.5, 0.6) is 0 Å². The summed E-state index contributed by atoms with van der Waals surface area (Å²) in [7, 11) is 0. The molecule has 1 aliphatic heterocycles. The van der Waals surface area contributed by atoms with Crippen LogP contribution in [0.15, 0.2) is 54.6 Å². The number of anilines is 1. The average molecular weight is 447 g/mol. The summed E-state index contributed by atoms with van der Waals surface area (Å²) < 4.78 is 5.47. The number of hydrogen-bond donors (Lipinski definition) is 2. The maximum Gasteiger partial charge on any atom is 0.407 e. The number of alkyl carbamates (subject to hydrolysis) is 1. The van der Waals surface area contributed by atoms with Crippen molar-refractivity contribution in [2.24, 2.45) is 0 Å². The summed E-state index contributed by atoms with van der Waals surface area (Å²) in [6, 6.07) is 20.9. The molecule has 1 aliphatic carbocycles. The number of ether oxygens (including phenoxy) is 1. The number of nitriles is 1. The van der Waals surface area contributed by atoms with E-state index in [1.165, 1.54) is 17.7 Å². The summed E-state index contributed by atoms with van der Waals surface area (Å²) >= 11 is 0. The molecule has 1 amide bonds. The van der Waals surface area contributed by atoms with Gasteiger partial charge in [0.25, 0.3) is 0 Å². The molecule has 2 N–H and O–H groups in total. The zero-order valence-corrected chi connectivity index (χ0v) is 19.2. The maximum absolute atomic E-state index is 12.4. The second-order valence-corrected chi connectivity index (χ2v) is 9.12. The topological polar surface area (TPSA) is 77.4 Å². The van der Waals surface area contributed by atoms with Crippen LogP contribution in [0.3, 0.4) is 0 Å². The summed E-state index contributed by atoms with van der Waals surface area (Å²) in [5, 5.41) is 16.0. The van der Waals surface area contributed by atoms with Gasteiger partial charge < -0.3 is 20.3 Å². The van der Waals surface area contributed by atoms with E-state index in [1.807, 2.05) is 54.6 Å². The first-order chi connectivity index (χ1) is 16.2. The van der Waals surface area contributed by atoms with Crippen LogP contribution < -0.4 is 15.5 Å². The van der Waals surface area contributed by atoms with E-state index in [2.05, 4.69) is 21.6 Å². The van der Waals surface area contributed by atoms with Gasteiger partial charge in [-0.3, -0.25) is 0 Å². The molecule has 0 unspecified atom stereocenters. The molecular weight excluding hydrogens is 412 g/mol. The second kappa shape index (κ2) is 11.7. The highest BCUT2D eigenvalue weighted by Crippen LogP contribution is 2.24. The lowest BCUT2D eigenvalue weighted by Gasteiger charge is -2.40. The number of benzene rings is 2. The summed E-state index contributed by atoms with van der Waals surface area (Å²) in [4.78, 5) is 14.8. The Morgan fingerprint density at radius 3 is 2.52 bits per heavy atom. The minimum atomic E-state index is -0.313.